The zero-order valence-corrected chi connectivity index (χ0v) is 21.1. The van der Waals surface area contributed by atoms with E-state index in [1.807, 2.05) is 0 Å². The maximum absolute atomic E-state index is 12.7. The van der Waals surface area contributed by atoms with E-state index in [0.29, 0.717) is 37.5 Å². The average Bonchev–Trinajstić information content (AvgIpc) is 2.89. The first-order valence-corrected chi connectivity index (χ1v) is 12.6. The van der Waals surface area contributed by atoms with Crippen molar-refractivity contribution in [3.63, 3.8) is 0 Å². The van der Waals surface area contributed by atoms with Gasteiger partial charge in [-0.3, -0.25) is 0 Å². The number of hydrogen-bond donors (Lipinski definition) is 3. The Morgan fingerprint density at radius 2 is 1.89 bits per heavy atom. The molecule has 1 aromatic carbocycles. The number of aliphatic hydroxyl groups excluding tert-OH is 1. The van der Waals surface area contributed by atoms with Crippen molar-refractivity contribution in [2.24, 2.45) is 0 Å². The maximum atomic E-state index is 12.7. The second-order valence-electron chi connectivity index (χ2n) is 9.30. The van der Waals surface area contributed by atoms with Gasteiger partial charge in [-0.15, -0.1) is 13.2 Å². The van der Waals surface area contributed by atoms with E-state index in [9.17, 15) is 23.1 Å². The quantitative estimate of drug-likeness (QED) is 0.453. The number of alkyl halides is 3. The number of carbonyl (C=O) groups excluding carboxylic acids is 1. The minimum atomic E-state index is -4.93. The predicted octanol–water partition coefficient (Wildman–Crippen LogP) is 4.38. The first kappa shape index (κ1) is 27.6. The molecular formula is C25H32F3N5O5. The first-order valence-electron chi connectivity index (χ1n) is 12.6. The first-order chi connectivity index (χ1) is 18.2. The summed E-state index contributed by atoms with van der Waals surface area (Å²) in [4.78, 5) is 23.8. The zero-order chi connectivity index (χ0) is 27.1. The minimum absolute atomic E-state index is 0.0374. The monoisotopic (exact) mass is 539 g/mol. The fourth-order valence-corrected chi connectivity index (χ4v) is 4.79. The molecule has 2 fully saturated rings. The van der Waals surface area contributed by atoms with E-state index in [2.05, 4.69) is 30.2 Å². The van der Waals surface area contributed by atoms with Gasteiger partial charge in [0.2, 0.25) is 11.8 Å². The van der Waals surface area contributed by atoms with E-state index in [1.54, 1.807) is 12.3 Å². The number of rotatable bonds is 8. The normalized spacial score (nSPS) is 20.0. The highest BCUT2D eigenvalue weighted by Crippen LogP contribution is 2.36. The summed E-state index contributed by atoms with van der Waals surface area (Å²) in [5.74, 6) is 0.674. The van der Waals surface area contributed by atoms with Crippen LogP contribution in [0.4, 0.5) is 29.6 Å². The lowest BCUT2D eigenvalue weighted by molar-refractivity contribution is -0.274. The van der Waals surface area contributed by atoms with Gasteiger partial charge in [0.1, 0.15) is 17.6 Å². The molecule has 13 heteroatoms. The Morgan fingerprint density at radius 1 is 1.16 bits per heavy atom. The number of urea groups is 1. The molecule has 0 atom stereocenters. The molecule has 0 unspecified atom stereocenters. The Morgan fingerprint density at radius 3 is 2.55 bits per heavy atom. The number of hydrogen-bond acceptors (Lipinski definition) is 8. The molecule has 2 aliphatic rings. The number of nitrogens with zero attached hydrogens (tertiary/aromatic N) is 3. The fraction of sp³-hybridized carbons (Fsp3) is 0.560. The van der Waals surface area contributed by atoms with Crippen molar-refractivity contribution in [1.29, 1.82) is 0 Å². The van der Waals surface area contributed by atoms with Crippen LogP contribution in [0.5, 0.6) is 17.4 Å². The second-order valence-corrected chi connectivity index (χ2v) is 9.30. The van der Waals surface area contributed by atoms with Gasteiger partial charge >= 0.3 is 12.4 Å². The molecule has 4 rings (SSSR count). The van der Waals surface area contributed by atoms with E-state index in [-0.39, 0.29) is 29.1 Å². The van der Waals surface area contributed by atoms with Crippen LogP contribution < -0.4 is 29.7 Å². The predicted molar refractivity (Wildman–Crippen MR) is 133 cm³/mol. The summed E-state index contributed by atoms with van der Waals surface area (Å²) in [6.07, 6.45) is 2.89. The van der Waals surface area contributed by atoms with Crippen LogP contribution in [0.1, 0.15) is 50.5 Å². The number of methoxy groups -OCH3 is 1. The van der Waals surface area contributed by atoms with E-state index < -0.39 is 24.7 Å². The van der Waals surface area contributed by atoms with Crippen molar-refractivity contribution >= 4 is 17.7 Å². The Hall–Kier alpha value is -3.48. The molecule has 0 spiro atoms. The van der Waals surface area contributed by atoms with Gasteiger partial charge in [0.05, 0.1) is 19.4 Å². The van der Waals surface area contributed by atoms with Crippen molar-refractivity contribution in [1.82, 2.24) is 15.3 Å². The molecule has 0 radical (unpaired) electrons. The molecule has 208 valence electrons. The van der Waals surface area contributed by atoms with Crippen molar-refractivity contribution in [2.45, 2.75) is 70.1 Å². The van der Waals surface area contributed by atoms with E-state index in [0.717, 1.165) is 38.1 Å². The lowest BCUT2D eigenvalue weighted by Crippen LogP contribution is -2.41. The van der Waals surface area contributed by atoms with Gasteiger partial charge in [-0.05, 0) is 51.0 Å². The average molecular weight is 540 g/mol. The zero-order valence-electron chi connectivity index (χ0n) is 21.1. The van der Waals surface area contributed by atoms with Crippen LogP contribution in [-0.4, -0.2) is 59.8 Å². The smallest absolute Gasteiger partial charge is 0.494 e. The number of nitrogens with one attached hydrogen (secondary N) is 2. The van der Waals surface area contributed by atoms with Crippen LogP contribution in [0, 0.1) is 0 Å². The SMILES string of the molecule is COc1c(CO)cc(OC(F)(F)F)cc1NC(=O)NC1CCC(Oc2ccnc(N3CCCCC3)n2)CC1. The molecule has 3 N–H and O–H groups in total. The molecule has 38 heavy (non-hydrogen) atoms. The van der Waals surface area contributed by atoms with Crippen LogP contribution >= 0.6 is 0 Å². The van der Waals surface area contributed by atoms with Crippen molar-refractivity contribution in [2.75, 3.05) is 30.4 Å². The van der Waals surface area contributed by atoms with Crippen molar-refractivity contribution in [3.8, 4) is 17.4 Å². The molecule has 1 aromatic heterocycles. The number of carbonyl (C=O) groups is 1. The highest BCUT2D eigenvalue weighted by atomic mass is 19.4. The van der Waals surface area contributed by atoms with Crippen LogP contribution in [-0.2, 0) is 6.61 Å². The molecular weight excluding hydrogens is 507 g/mol. The lowest BCUT2D eigenvalue weighted by atomic mass is 9.93. The second kappa shape index (κ2) is 12.4. The maximum Gasteiger partial charge on any atom is 0.573 e. The number of piperidine rings is 1. The summed E-state index contributed by atoms with van der Waals surface area (Å²) < 4.78 is 53.3. The Balaban J connectivity index is 1.30. The highest BCUT2D eigenvalue weighted by Gasteiger charge is 2.32. The van der Waals surface area contributed by atoms with Gasteiger partial charge in [0.25, 0.3) is 0 Å². The third-order valence-electron chi connectivity index (χ3n) is 6.55. The number of amides is 2. The molecule has 2 amide bonds. The van der Waals surface area contributed by atoms with Gasteiger partial charge in [0, 0.05) is 43.0 Å². The van der Waals surface area contributed by atoms with Gasteiger partial charge < -0.3 is 34.9 Å². The van der Waals surface area contributed by atoms with Gasteiger partial charge in [-0.1, -0.05) is 0 Å². The molecule has 10 nitrogen and oxygen atoms in total. The molecule has 2 aromatic rings. The standard InChI is InChI=1S/C25H32F3N5O5/c1-36-22-16(15-34)13-19(38-25(26,27)28)14-20(22)31-24(35)30-17-5-7-18(8-6-17)37-21-9-10-29-23(32-21)33-11-3-2-4-12-33/h9-10,13-14,17-18,34H,2-8,11-12,15H2,1H3,(H2,30,31,35). The lowest BCUT2D eigenvalue weighted by Gasteiger charge is -2.30. The van der Waals surface area contributed by atoms with Crippen LogP contribution in [0.15, 0.2) is 24.4 Å². The van der Waals surface area contributed by atoms with Crippen LogP contribution in [0.3, 0.4) is 0 Å². The van der Waals surface area contributed by atoms with E-state index >= 15 is 0 Å². The van der Waals surface area contributed by atoms with E-state index in [1.165, 1.54) is 13.5 Å². The number of aliphatic hydroxyl groups is 1. The molecule has 0 bridgehead atoms. The molecule has 1 aliphatic carbocycles. The van der Waals surface area contributed by atoms with Crippen molar-refractivity contribution < 1.29 is 37.3 Å². The summed E-state index contributed by atoms with van der Waals surface area (Å²) in [5, 5.41) is 14.9. The molecule has 1 aliphatic heterocycles. The number of ether oxygens (including phenoxy) is 3. The fourth-order valence-electron chi connectivity index (χ4n) is 4.79. The number of halogens is 3. The van der Waals surface area contributed by atoms with E-state index in [4.69, 9.17) is 9.47 Å². The van der Waals surface area contributed by atoms with Crippen LogP contribution in [0.2, 0.25) is 0 Å². The third-order valence-corrected chi connectivity index (χ3v) is 6.55. The van der Waals surface area contributed by atoms with Gasteiger partial charge in [0.15, 0.2) is 0 Å². The number of aromatic nitrogens is 2. The minimum Gasteiger partial charge on any atom is -0.494 e. The summed E-state index contributed by atoms with van der Waals surface area (Å²) in [6.45, 7) is 1.27. The Labute approximate surface area is 218 Å². The highest BCUT2D eigenvalue weighted by molar-refractivity contribution is 5.91. The largest absolute Gasteiger partial charge is 0.573 e. The summed E-state index contributed by atoms with van der Waals surface area (Å²) in [7, 11) is 1.29. The van der Waals surface area contributed by atoms with Crippen LogP contribution in [0.25, 0.3) is 0 Å². The van der Waals surface area contributed by atoms with Crippen molar-refractivity contribution in [3.05, 3.63) is 30.0 Å². The number of anilines is 2. The summed E-state index contributed by atoms with van der Waals surface area (Å²) in [5.41, 5.74) is -0.0172. The Kier molecular flexibility index (Phi) is 8.97. The van der Waals surface area contributed by atoms with Gasteiger partial charge in [-0.25, -0.2) is 9.78 Å². The van der Waals surface area contributed by atoms with Gasteiger partial charge in [-0.2, -0.15) is 4.98 Å². The topological polar surface area (TPSA) is 118 Å². The number of benzene rings is 1. The summed E-state index contributed by atoms with van der Waals surface area (Å²) in [6, 6.07) is 2.99. The summed E-state index contributed by atoms with van der Waals surface area (Å²) >= 11 is 0. The third kappa shape index (κ3) is 7.53. The molecule has 2 heterocycles. The molecule has 1 saturated heterocycles. The Bertz CT molecular complexity index is 1090. The molecule has 1 saturated carbocycles.